The van der Waals surface area contributed by atoms with Crippen molar-refractivity contribution in [1.29, 1.82) is 0 Å². The van der Waals surface area contributed by atoms with Crippen molar-refractivity contribution in [2.45, 2.75) is 12.8 Å². The van der Waals surface area contributed by atoms with Crippen molar-refractivity contribution in [3.63, 3.8) is 0 Å². The van der Waals surface area contributed by atoms with Gasteiger partial charge in [-0.15, -0.1) is 0 Å². The molecule has 0 radical (unpaired) electrons. The fraction of sp³-hybridized carbons (Fsp3) is 0.190. The van der Waals surface area contributed by atoms with Crippen molar-refractivity contribution in [1.82, 2.24) is 4.98 Å². The molecule has 5 heteroatoms. The highest BCUT2D eigenvalue weighted by Crippen LogP contribution is 2.47. The molecule has 2 aromatic carbocycles. The number of hydroxylamine groups is 1. The van der Waals surface area contributed by atoms with Crippen LogP contribution >= 0.6 is 0 Å². The number of H-pyrrole nitrogens is 1. The molecule has 1 aliphatic carbocycles. The van der Waals surface area contributed by atoms with Gasteiger partial charge in [0, 0.05) is 10.9 Å². The number of benzene rings is 2. The Kier molecular flexibility index (Phi) is 3.90. The number of carbonyl (C=O) groups excluding carboxylic acids is 1. The molecule has 1 aromatic heterocycles. The van der Waals surface area contributed by atoms with Gasteiger partial charge in [0.05, 0.1) is 12.6 Å². The number of hydrogen-bond donors (Lipinski definition) is 2. The van der Waals surface area contributed by atoms with E-state index in [1.165, 1.54) is 0 Å². The van der Waals surface area contributed by atoms with Gasteiger partial charge in [0.1, 0.15) is 17.0 Å². The molecule has 1 heterocycles. The van der Waals surface area contributed by atoms with Crippen LogP contribution in [-0.4, -0.2) is 23.2 Å². The second-order valence-electron chi connectivity index (χ2n) is 6.39. The Bertz CT molecular complexity index is 1020. The minimum absolute atomic E-state index is 0.308. The number of hydrogen-bond acceptors (Lipinski definition) is 3. The average Bonchev–Trinajstić information content (AvgIpc) is 3.35. The van der Waals surface area contributed by atoms with E-state index in [2.05, 4.69) is 16.8 Å². The third-order valence-electron chi connectivity index (χ3n) is 4.63. The number of carbonyl (C=O) groups is 1. The zero-order chi connectivity index (χ0) is 18.1. The lowest BCUT2D eigenvalue weighted by Gasteiger charge is -2.16. The summed E-state index contributed by atoms with van der Waals surface area (Å²) in [5.74, 6) is 6.67. The maximum absolute atomic E-state index is 12.8. The van der Waals surface area contributed by atoms with Crippen LogP contribution in [-0.2, 0) is 4.79 Å². The van der Waals surface area contributed by atoms with Crippen molar-refractivity contribution in [2.75, 3.05) is 12.2 Å². The predicted molar refractivity (Wildman–Crippen MR) is 99.1 cm³/mol. The molecule has 0 unspecified atom stereocenters. The van der Waals surface area contributed by atoms with E-state index < -0.39 is 11.3 Å². The van der Waals surface area contributed by atoms with Crippen LogP contribution in [0.2, 0.25) is 0 Å². The molecule has 1 fully saturated rings. The molecule has 26 heavy (non-hydrogen) atoms. The highest BCUT2D eigenvalue weighted by atomic mass is 16.5. The molecule has 0 spiro atoms. The van der Waals surface area contributed by atoms with E-state index in [9.17, 15) is 10.0 Å². The van der Waals surface area contributed by atoms with Crippen LogP contribution in [0.15, 0.2) is 54.6 Å². The van der Waals surface area contributed by atoms with Crippen LogP contribution in [0, 0.1) is 17.3 Å². The Balaban J connectivity index is 1.61. The summed E-state index contributed by atoms with van der Waals surface area (Å²) >= 11 is 0. The van der Waals surface area contributed by atoms with E-state index in [1.54, 1.807) is 13.2 Å². The van der Waals surface area contributed by atoms with E-state index in [1.807, 2.05) is 48.5 Å². The van der Waals surface area contributed by atoms with Crippen molar-refractivity contribution < 1.29 is 14.7 Å². The quantitative estimate of drug-likeness (QED) is 0.431. The first-order valence-corrected chi connectivity index (χ1v) is 8.40. The molecular formula is C21H18N2O3. The fourth-order valence-electron chi connectivity index (χ4n) is 2.95. The van der Waals surface area contributed by atoms with Gasteiger partial charge in [0.25, 0.3) is 5.91 Å². The molecule has 3 aromatic rings. The Morgan fingerprint density at radius 2 is 1.96 bits per heavy atom. The number of amides is 1. The highest BCUT2D eigenvalue weighted by Gasteiger charge is 2.51. The maximum Gasteiger partial charge on any atom is 0.270 e. The fourth-order valence-corrected chi connectivity index (χ4v) is 2.95. The van der Waals surface area contributed by atoms with Gasteiger partial charge in [0.15, 0.2) is 0 Å². The molecule has 1 amide bonds. The van der Waals surface area contributed by atoms with Crippen LogP contribution < -0.4 is 9.80 Å². The van der Waals surface area contributed by atoms with Crippen molar-refractivity contribution in [3.05, 3.63) is 60.2 Å². The Labute approximate surface area is 151 Å². The van der Waals surface area contributed by atoms with E-state index >= 15 is 0 Å². The lowest BCUT2D eigenvalue weighted by atomic mass is 10.1. The van der Waals surface area contributed by atoms with Crippen LogP contribution in [0.4, 0.5) is 5.82 Å². The lowest BCUT2D eigenvalue weighted by Crippen LogP contribution is -2.34. The van der Waals surface area contributed by atoms with E-state index in [-0.39, 0.29) is 0 Å². The SMILES string of the molecule is COc1cccc2[nH]c(N(O)C(=O)C3(C#Cc4ccccc4)CC3)cc12. The lowest BCUT2D eigenvalue weighted by molar-refractivity contribution is -0.127. The predicted octanol–water partition coefficient (Wildman–Crippen LogP) is 3.73. The summed E-state index contributed by atoms with van der Waals surface area (Å²) in [6.45, 7) is 0. The molecule has 0 aliphatic heterocycles. The zero-order valence-corrected chi connectivity index (χ0v) is 14.3. The first kappa shape index (κ1) is 16.2. The number of methoxy groups -OCH3 is 1. The number of aromatic amines is 1. The summed E-state index contributed by atoms with van der Waals surface area (Å²) in [5, 5.41) is 11.9. The largest absolute Gasteiger partial charge is 0.496 e. The highest BCUT2D eigenvalue weighted by molar-refractivity contribution is 6.01. The zero-order valence-electron chi connectivity index (χ0n) is 14.3. The van der Waals surface area contributed by atoms with Gasteiger partial charge < -0.3 is 9.72 Å². The molecule has 1 saturated carbocycles. The second-order valence-corrected chi connectivity index (χ2v) is 6.39. The van der Waals surface area contributed by atoms with Crippen molar-refractivity contribution in [3.8, 4) is 17.6 Å². The number of rotatable bonds is 3. The maximum atomic E-state index is 12.8. The summed E-state index contributed by atoms with van der Waals surface area (Å²) in [6.07, 6.45) is 1.29. The first-order valence-electron chi connectivity index (χ1n) is 8.40. The molecule has 5 nitrogen and oxygen atoms in total. The normalized spacial score (nSPS) is 14.4. The molecule has 1 aliphatic rings. The van der Waals surface area contributed by atoms with Crippen molar-refractivity contribution in [2.24, 2.45) is 5.41 Å². The number of aromatic nitrogens is 1. The molecule has 0 saturated heterocycles. The molecule has 4 rings (SSSR count). The average molecular weight is 346 g/mol. The third-order valence-corrected chi connectivity index (χ3v) is 4.63. The van der Waals surface area contributed by atoms with Gasteiger partial charge in [-0.2, -0.15) is 5.06 Å². The van der Waals surface area contributed by atoms with Gasteiger partial charge in [-0.25, -0.2) is 0 Å². The molecule has 0 bridgehead atoms. The van der Waals surface area contributed by atoms with E-state index in [0.717, 1.165) is 16.5 Å². The van der Waals surface area contributed by atoms with Crippen LogP contribution in [0.1, 0.15) is 18.4 Å². The van der Waals surface area contributed by atoms with Gasteiger partial charge in [0.2, 0.25) is 0 Å². The molecular weight excluding hydrogens is 328 g/mol. The number of nitrogens with one attached hydrogen (secondary N) is 1. The summed E-state index contributed by atoms with van der Waals surface area (Å²) in [4.78, 5) is 15.9. The molecule has 2 N–H and O–H groups in total. The van der Waals surface area contributed by atoms with E-state index in [4.69, 9.17) is 4.74 Å². The monoisotopic (exact) mass is 346 g/mol. The minimum Gasteiger partial charge on any atom is -0.496 e. The van der Waals surface area contributed by atoms with Crippen LogP contribution in [0.5, 0.6) is 5.75 Å². The first-order chi connectivity index (χ1) is 12.6. The van der Waals surface area contributed by atoms with Gasteiger partial charge >= 0.3 is 0 Å². The number of ether oxygens (including phenoxy) is 1. The van der Waals surface area contributed by atoms with E-state index in [0.29, 0.717) is 29.5 Å². The topological polar surface area (TPSA) is 65.6 Å². The second kappa shape index (κ2) is 6.25. The Hall–Kier alpha value is -3.23. The molecule has 130 valence electrons. The number of nitrogens with zero attached hydrogens (tertiary/aromatic N) is 1. The summed E-state index contributed by atoms with van der Waals surface area (Å²) in [5.41, 5.74) is 0.823. The Morgan fingerprint density at radius 3 is 2.65 bits per heavy atom. The Morgan fingerprint density at radius 1 is 1.19 bits per heavy atom. The minimum atomic E-state index is -0.814. The van der Waals surface area contributed by atoms with Gasteiger partial charge in [-0.1, -0.05) is 36.1 Å². The number of anilines is 1. The third kappa shape index (κ3) is 2.81. The summed E-state index contributed by atoms with van der Waals surface area (Å²) < 4.78 is 5.32. The standard InChI is InChI=1S/C21H18N2O3/c1-26-18-9-5-8-17-16(18)14-19(22-17)23(25)20(24)21(12-13-21)11-10-15-6-3-2-4-7-15/h2-9,14,22,25H,12-13H2,1H3. The summed E-state index contributed by atoms with van der Waals surface area (Å²) in [7, 11) is 1.58. The molecule has 0 atom stereocenters. The van der Waals surface area contributed by atoms with Crippen LogP contribution in [0.25, 0.3) is 10.9 Å². The van der Waals surface area contributed by atoms with Crippen molar-refractivity contribution >= 4 is 22.6 Å². The summed E-state index contributed by atoms with van der Waals surface area (Å²) in [6, 6.07) is 16.8. The smallest absolute Gasteiger partial charge is 0.270 e. The van der Waals surface area contributed by atoms with Gasteiger partial charge in [-0.3, -0.25) is 10.0 Å². The van der Waals surface area contributed by atoms with Gasteiger partial charge in [-0.05, 0) is 43.2 Å². The van der Waals surface area contributed by atoms with Crippen LogP contribution in [0.3, 0.4) is 0 Å². The number of fused-ring (bicyclic) bond motifs is 1.